The van der Waals surface area contributed by atoms with Gasteiger partial charge in [0.1, 0.15) is 0 Å². The molecule has 0 aromatic rings. The van der Waals surface area contributed by atoms with Crippen molar-refractivity contribution in [3.8, 4) is 0 Å². The molecule has 0 bridgehead atoms. The van der Waals surface area contributed by atoms with Crippen LogP contribution < -0.4 is 5.73 Å². The first-order valence-electron chi connectivity index (χ1n) is 6.71. The van der Waals surface area contributed by atoms with E-state index < -0.39 is 9.84 Å². The second-order valence-corrected chi connectivity index (χ2v) is 7.73. The normalized spacial score (nSPS) is 32.2. The van der Waals surface area contributed by atoms with Crippen molar-refractivity contribution in [2.24, 2.45) is 17.6 Å². The Morgan fingerprint density at radius 3 is 2.17 bits per heavy atom. The first-order valence-corrected chi connectivity index (χ1v) is 8.53. The molecule has 5 nitrogen and oxygen atoms in total. The fraction of sp³-hybridized carbons (Fsp3) is 0.917. The first-order chi connectivity index (χ1) is 8.52. The van der Waals surface area contributed by atoms with Gasteiger partial charge in [0.15, 0.2) is 9.84 Å². The van der Waals surface area contributed by atoms with E-state index in [4.69, 9.17) is 5.73 Å². The van der Waals surface area contributed by atoms with Crippen LogP contribution in [0.1, 0.15) is 25.7 Å². The zero-order chi connectivity index (χ0) is 13.2. The molecule has 0 atom stereocenters. The lowest BCUT2D eigenvalue weighted by atomic mass is 9.81. The van der Waals surface area contributed by atoms with Crippen molar-refractivity contribution in [3.05, 3.63) is 0 Å². The zero-order valence-electron chi connectivity index (χ0n) is 10.7. The number of nitrogens with zero attached hydrogens (tertiary/aromatic N) is 1. The maximum atomic E-state index is 12.3. The van der Waals surface area contributed by atoms with Crippen LogP contribution in [0.2, 0.25) is 0 Å². The molecular weight excluding hydrogens is 252 g/mol. The van der Waals surface area contributed by atoms with Gasteiger partial charge in [-0.05, 0) is 38.1 Å². The van der Waals surface area contributed by atoms with E-state index in [0.29, 0.717) is 25.6 Å². The monoisotopic (exact) mass is 274 g/mol. The molecule has 1 saturated carbocycles. The van der Waals surface area contributed by atoms with Crippen LogP contribution in [-0.4, -0.2) is 50.4 Å². The Morgan fingerprint density at radius 2 is 1.67 bits per heavy atom. The molecule has 2 rings (SSSR count). The van der Waals surface area contributed by atoms with Crippen molar-refractivity contribution < 1.29 is 13.2 Å². The molecule has 2 N–H and O–H groups in total. The number of rotatable bonds is 2. The Bertz CT molecular complexity index is 386. The van der Waals surface area contributed by atoms with E-state index >= 15 is 0 Å². The Hall–Kier alpha value is -0.620. The Morgan fingerprint density at radius 1 is 1.11 bits per heavy atom. The number of hydrogen-bond donors (Lipinski definition) is 1. The van der Waals surface area contributed by atoms with Crippen LogP contribution in [0.3, 0.4) is 0 Å². The highest BCUT2D eigenvalue weighted by molar-refractivity contribution is 7.91. The minimum atomic E-state index is -2.90. The van der Waals surface area contributed by atoms with Gasteiger partial charge in [0.2, 0.25) is 5.91 Å². The van der Waals surface area contributed by atoms with Crippen LogP contribution in [-0.2, 0) is 14.6 Å². The third-order valence-corrected chi connectivity index (χ3v) is 5.79. The highest BCUT2D eigenvalue weighted by Gasteiger charge is 2.32. The lowest BCUT2D eigenvalue weighted by molar-refractivity contribution is -0.136. The van der Waals surface area contributed by atoms with Crippen LogP contribution >= 0.6 is 0 Å². The summed E-state index contributed by atoms with van der Waals surface area (Å²) in [5.74, 6) is 1.05. The highest BCUT2D eigenvalue weighted by atomic mass is 32.2. The SMILES string of the molecule is NCC1CCC(C(=O)N2CCS(=O)(=O)CC2)CC1. The molecule has 0 aromatic heterocycles. The van der Waals surface area contributed by atoms with Gasteiger partial charge in [0.25, 0.3) is 0 Å². The summed E-state index contributed by atoms with van der Waals surface area (Å²) in [6, 6.07) is 0. The van der Waals surface area contributed by atoms with Gasteiger partial charge in [-0.2, -0.15) is 0 Å². The number of nitrogens with two attached hydrogens (primary N) is 1. The number of hydrogen-bond acceptors (Lipinski definition) is 4. The fourth-order valence-corrected chi connectivity index (χ4v) is 4.04. The molecule has 0 radical (unpaired) electrons. The maximum absolute atomic E-state index is 12.3. The smallest absolute Gasteiger partial charge is 0.225 e. The van der Waals surface area contributed by atoms with Crippen LogP contribution in [0, 0.1) is 11.8 Å². The van der Waals surface area contributed by atoms with Gasteiger partial charge in [-0.1, -0.05) is 0 Å². The van der Waals surface area contributed by atoms with Crippen molar-refractivity contribution in [1.29, 1.82) is 0 Å². The van der Waals surface area contributed by atoms with Gasteiger partial charge in [0, 0.05) is 19.0 Å². The molecule has 1 amide bonds. The largest absolute Gasteiger partial charge is 0.340 e. The van der Waals surface area contributed by atoms with E-state index in [2.05, 4.69) is 0 Å². The molecule has 2 fully saturated rings. The number of sulfone groups is 1. The first kappa shape index (κ1) is 13.8. The van der Waals surface area contributed by atoms with Crippen LogP contribution in [0.15, 0.2) is 0 Å². The van der Waals surface area contributed by atoms with E-state index in [-0.39, 0.29) is 23.3 Å². The maximum Gasteiger partial charge on any atom is 0.225 e. The minimum Gasteiger partial charge on any atom is -0.340 e. The van der Waals surface area contributed by atoms with E-state index in [9.17, 15) is 13.2 Å². The molecule has 0 spiro atoms. The number of carbonyl (C=O) groups excluding carboxylic acids is 1. The van der Waals surface area contributed by atoms with Gasteiger partial charge in [-0.25, -0.2) is 8.42 Å². The van der Waals surface area contributed by atoms with E-state index in [1.165, 1.54) is 0 Å². The van der Waals surface area contributed by atoms with E-state index in [1.807, 2.05) is 0 Å². The summed E-state index contributed by atoms with van der Waals surface area (Å²) in [6.45, 7) is 1.46. The average molecular weight is 274 g/mol. The molecular formula is C12H22N2O3S. The second-order valence-electron chi connectivity index (χ2n) is 5.43. The summed E-state index contributed by atoms with van der Waals surface area (Å²) in [7, 11) is -2.90. The molecule has 2 aliphatic rings. The predicted octanol–water partition coefficient (Wildman–Crippen LogP) is 0.00850. The Balaban J connectivity index is 1.85. The molecule has 104 valence electrons. The van der Waals surface area contributed by atoms with Crippen molar-refractivity contribution in [1.82, 2.24) is 4.90 Å². The molecule has 0 aromatic carbocycles. The summed E-state index contributed by atoms with van der Waals surface area (Å²) < 4.78 is 22.6. The average Bonchev–Trinajstić information content (AvgIpc) is 2.38. The van der Waals surface area contributed by atoms with Crippen molar-refractivity contribution in [2.45, 2.75) is 25.7 Å². The summed E-state index contributed by atoms with van der Waals surface area (Å²) in [5.41, 5.74) is 5.64. The van der Waals surface area contributed by atoms with Gasteiger partial charge in [0.05, 0.1) is 11.5 Å². The molecule has 6 heteroatoms. The highest BCUT2D eigenvalue weighted by Crippen LogP contribution is 2.29. The molecule has 1 heterocycles. The number of amides is 1. The lowest BCUT2D eigenvalue weighted by Crippen LogP contribution is -2.46. The zero-order valence-corrected chi connectivity index (χ0v) is 11.5. The van der Waals surface area contributed by atoms with Gasteiger partial charge >= 0.3 is 0 Å². The molecule has 0 unspecified atom stereocenters. The second kappa shape index (κ2) is 5.57. The third kappa shape index (κ3) is 3.23. The minimum absolute atomic E-state index is 0.0913. The van der Waals surface area contributed by atoms with Crippen LogP contribution in [0.25, 0.3) is 0 Å². The van der Waals surface area contributed by atoms with E-state index in [0.717, 1.165) is 25.7 Å². The summed E-state index contributed by atoms with van der Waals surface area (Å²) in [4.78, 5) is 14.0. The molecule has 1 aliphatic carbocycles. The quantitative estimate of drug-likeness (QED) is 0.769. The van der Waals surface area contributed by atoms with Gasteiger partial charge in [-0.15, -0.1) is 0 Å². The van der Waals surface area contributed by atoms with Gasteiger partial charge in [-0.3, -0.25) is 4.79 Å². The predicted molar refractivity (Wildman–Crippen MR) is 69.7 cm³/mol. The van der Waals surface area contributed by atoms with Crippen molar-refractivity contribution in [2.75, 3.05) is 31.1 Å². The summed E-state index contributed by atoms with van der Waals surface area (Å²) >= 11 is 0. The summed E-state index contributed by atoms with van der Waals surface area (Å²) in [6.07, 6.45) is 3.87. The summed E-state index contributed by atoms with van der Waals surface area (Å²) in [5, 5.41) is 0. The van der Waals surface area contributed by atoms with Crippen LogP contribution in [0.4, 0.5) is 0 Å². The Kier molecular flexibility index (Phi) is 4.27. The van der Waals surface area contributed by atoms with Gasteiger partial charge < -0.3 is 10.6 Å². The molecule has 1 aliphatic heterocycles. The molecule has 1 saturated heterocycles. The fourth-order valence-electron chi connectivity index (χ4n) is 2.84. The van der Waals surface area contributed by atoms with Crippen molar-refractivity contribution in [3.63, 3.8) is 0 Å². The number of carbonyl (C=O) groups is 1. The topological polar surface area (TPSA) is 80.5 Å². The Labute approximate surface area is 109 Å². The van der Waals surface area contributed by atoms with E-state index in [1.54, 1.807) is 4.90 Å². The molecule has 18 heavy (non-hydrogen) atoms. The van der Waals surface area contributed by atoms with Crippen LogP contribution in [0.5, 0.6) is 0 Å². The third-order valence-electron chi connectivity index (χ3n) is 4.19. The van der Waals surface area contributed by atoms with Crippen molar-refractivity contribution >= 4 is 15.7 Å². The standard InChI is InChI=1S/C12H22N2O3S/c13-9-10-1-3-11(4-2-10)12(15)14-5-7-18(16,17)8-6-14/h10-11H,1-9,13H2. The lowest BCUT2D eigenvalue weighted by Gasteiger charge is -2.33.